The van der Waals surface area contributed by atoms with Crippen LogP contribution in [0.15, 0.2) is 11.6 Å². The van der Waals surface area contributed by atoms with E-state index in [-0.39, 0.29) is 6.42 Å². The number of aldehydes is 1. The Labute approximate surface area is 193 Å². The first kappa shape index (κ1) is 25.4. The number of rotatable bonds is 3. The molecule has 9 atom stereocenters. The highest BCUT2D eigenvalue weighted by atomic mass is 16.6. The first-order chi connectivity index (χ1) is 15.2. The molecule has 3 aliphatic rings. The van der Waals surface area contributed by atoms with Crippen LogP contribution in [0.5, 0.6) is 0 Å². The van der Waals surface area contributed by atoms with Crippen LogP contribution in [-0.2, 0) is 33.4 Å². The molecular formula is C24H34O9. The summed E-state index contributed by atoms with van der Waals surface area (Å²) in [5, 5.41) is 23.6. The molecule has 0 unspecified atom stereocenters. The summed E-state index contributed by atoms with van der Waals surface area (Å²) in [6.07, 6.45) is -1.37. The Kier molecular flexibility index (Phi) is 6.54. The third kappa shape index (κ3) is 3.89. The van der Waals surface area contributed by atoms with E-state index in [1.54, 1.807) is 26.8 Å². The van der Waals surface area contributed by atoms with Gasteiger partial charge in [0.15, 0.2) is 6.10 Å². The van der Waals surface area contributed by atoms with Crippen LogP contribution in [0.25, 0.3) is 0 Å². The molecular weight excluding hydrogens is 432 g/mol. The quantitative estimate of drug-likeness (QED) is 0.274. The molecule has 9 heteroatoms. The molecule has 0 aromatic carbocycles. The molecule has 2 aliphatic carbocycles. The molecule has 9 nitrogen and oxygen atoms in total. The summed E-state index contributed by atoms with van der Waals surface area (Å²) >= 11 is 0. The molecule has 1 saturated carbocycles. The Hall–Kier alpha value is -2.26. The van der Waals surface area contributed by atoms with E-state index >= 15 is 0 Å². The van der Waals surface area contributed by atoms with Crippen molar-refractivity contribution in [2.45, 2.75) is 90.8 Å². The lowest BCUT2D eigenvalue weighted by molar-refractivity contribution is -0.201. The van der Waals surface area contributed by atoms with E-state index in [9.17, 15) is 29.4 Å². The Balaban J connectivity index is 2.29. The van der Waals surface area contributed by atoms with E-state index in [1.807, 2.05) is 0 Å². The number of carbonyl (C=O) groups is 4. The van der Waals surface area contributed by atoms with Gasteiger partial charge in [-0.3, -0.25) is 14.4 Å². The summed E-state index contributed by atoms with van der Waals surface area (Å²) in [5.41, 5.74) is -3.77. The van der Waals surface area contributed by atoms with Gasteiger partial charge in [0.1, 0.15) is 24.1 Å². The van der Waals surface area contributed by atoms with Crippen LogP contribution in [0.3, 0.4) is 0 Å². The first-order valence-corrected chi connectivity index (χ1v) is 11.3. The van der Waals surface area contributed by atoms with Crippen LogP contribution in [0.1, 0.15) is 60.8 Å². The predicted octanol–water partition coefficient (Wildman–Crippen LogP) is 1.47. The van der Waals surface area contributed by atoms with Gasteiger partial charge in [0.05, 0.1) is 12.0 Å². The molecule has 2 N–H and O–H groups in total. The van der Waals surface area contributed by atoms with Gasteiger partial charge >= 0.3 is 17.9 Å². The van der Waals surface area contributed by atoms with Gasteiger partial charge in [-0.05, 0) is 39.2 Å². The molecule has 1 heterocycles. The van der Waals surface area contributed by atoms with Crippen molar-refractivity contribution in [2.75, 3.05) is 0 Å². The van der Waals surface area contributed by atoms with E-state index in [2.05, 4.69) is 0 Å². The number of fused-ring (bicyclic) bond motifs is 2. The van der Waals surface area contributed by atoms with Crippen molar-refractivity contribution in [3.63, 3.8) is 0 Å². The molecule has 0 aromatic rings. The van der Waals surface area contributed by atoms with E-state index < -0.39 is 70.6 Å². The van der Waals surface area contributed by atoms with Crippen LogP contribution in [-0.4, -0.2) is 64.4 Å². The smallest absolute Gasteiger partial charge is 0.312 e. The van der Waals surface area contributed by atoms with E-state index in [0.29, 0.717) is 19.1 Å². The first-order valence-electron chi connectivity index (χ1n) is 11.3. The number of carbonyl (C=O) groups excluding carboxylic acids is 4. The highest BCUT2D eigenvalue weighted by molar-refractivity contribution is 5.77. The molecule has 0 aromatic heterocycles. The minimum absolute atomic E-state index is 0.0579. The molecule has 0 amide bonds. The highest BCUT2D eigenvalue weighted by Crippen LogP contribution is 2.61. The molecule has 1 saturated heterocycles. The zero-order chi connectivity index (χ0) is 24.9. The summed E-state index contributed by atoms with van der Waals surface area (Å²) < 4.78 is 16.8. The summed E-state index contributed by atoms with van der Waals surface area (Å²) in [6.45, 7) is 9.10. The van der Waals surface area contributed by atoms with Gasteiger partial charge in [-0.2, -0.15) is 0 Å². The molecule has 33 heavy (non-hydrogen) atoms. The third-order valence-electron chi connectivity index (χ3n) is 8.05. The second-order valence-corrected chi connectivity index (χ2v) is 10.3. The number of aliphatic hydroxyl groups is 2. The van der Waals surface area contributed by atoms with Gasteiger partial charge in [-0.25, -0.2) is 0 Å². The molecule has 0 radical (unpaired) electrons. The van der Waals surface area contributed by atoms with Gasteiger partial charge < -0.3 is 29.2 Å². The molecule has 0 bridgehead atoms. The Morgan fingerprint density at radius 2 is 1.76 bits per heavy atom. The SMILES string of the molecule is CC(=O)O[C@H]1CC/C(C)=C\[C@@H]2OC(=O)[C@H](C)[C@@]2(O)[C@@H](O)[C@@H]2[C@]1(C)[C@@H](OC(C)=O)C[C@]2(C)C=O. The van der Waals surface area contributed by atoms with Gasteiger partial charge in [0.2, 0.25) is 0 Å². The molecule has 1 aliphatic heterocycles. The number of hydrogen-bond acceptors (Lipinski definition) is 9. The van der Waals surface area contributed by atoms with Crippen LogP contribution in [0.2, 0.25) is 0 Å². The maximum Gasteiger partial charge on any atom is 0.312 e. The molecule has 3 rings (SSSR count). The normalized spacial score (nSPS) is 46.8. The zero-order valence-electron chi connectivity index (χ0n) is 20.0. The minimum Gasteiger partial charge on any atom is -0.462 e. The van der Waals surface area contributed by atoms with Gasteiger partial charge in [0, 0.05) is 30.6 Å². The second kappa shape index (κ2) is 8.51. The Morgan fingerprint density at radius 3 is 2.30 bits per heavy atom. The van der Waals surface area contributed by atoms with E-state index in [4.69, 9.17) is 14.2 Å². The van der Waals surface area contributed by atoms with Crippen molar-refractivity contribution in [2.24, 2.45) is 22.7 Å². The third-order valence-corrected chi connectivity index (χ3v) is 8.05. The van der Waals surface area contributed by atoms with Crippen LogP contribution in [0, 0.1) is 22.7 Å². The summed E-state index contributed by atoms with van der Waals surface area (Å²) in [7, 11) is 0. The molecule has 2 fully saturated rings. The Bertz CT molecular complexity index is 881. The summed E-state index contributed by atoms with van der Waals surface area (Å²) in [6, 6.07) is 0. The van der Waals surface area contributed by atoms with Gasteiger partial charge in [-0.15, -0.1) is 0 Å². The fraction of sp³-hybridized carbons (Fsp3) is 0.750. The average Bonchev–Trinajstić information content (AvgIpc) is 3.07. The van der Waals surface area contributed by atoms with Crippen molar-refractivity contribution in [1.82, 2.24) is 0 Å². The Morgan fingerprint density at radius 1 is 1.18 bits per heavy atom. The lowest BCUT2D eigenvalue weighted by atomic mass is 9.59. The number of esters is 3. The van der Waals surface area contributed by atoms with Crippen molar-refractivity contribution in [1.29, 1.82) is 0 Å². The van der Waals surface area contributed by atoms with Crippen LogP contribution >= 0.6 is 0 Å². The van der Waals surface area contributed by atoms with E-state index in [0.717, 1.165) is 5.57 Å². The second-order valence-electron chi connectivity index (χ2n) is 10.3. The lowest BCUT2D eigenvalue weighted by Crippen LogP contribution is -2.63. The van der Waals surface area contributed by atoms with Crippen molar-refractivity contribution < 1.29 is 43.6 Å². The number of aliphatic hydroxyl groups excluding tert-OH is 1. The van der Waals surface area contributed by atoms with Crippen LogP contribution in [0.4, 0.5) is 0 Å². The topological polar surface area (TPSA) is 136 Å². The molecule has 184 valence electrons. The maximum absolute atomic E-state index is 12.5. The fourth-order valence-electron chi connectivity index (χ4n) is 6.27. The van der Waals surface area contributed by atoms with E-state index in [1.165, 1.54) is 20.8 Å². The minimum atomic E-state index is -2.04. The standard InChI is InChI=1S/C24H34O9/c1-12-7-8-16(31-14(3)26)23(6)18(32-15(4)27)10-22(5,11-25)19(23)20(28)24(30)13(2)21(29)33-17(24)9-12/h9,11,13,16-20,28,30H,7-8,10H2,1-6H3/b12-9-/t13-,16-,17-,18-,19-,20-,22+,23-,24-/m0/s1. The number of hydrogen-bond donors (Lipinski definition) is 2. The fourth-order valence-corrected chi connectivity index (χ4v) is 6.27. The largest absolute Gasteiger partial charge is 0.462 e. The maximum atomic E-state index is 12.5. The summed E-state index contributed by atoms with van der Waals surface area (Å²) in [5.74, 6) is -3.90. The van der Waals surface area contributed by atoms with Crippen molar-refractivity contribution in [3.8, 4) is 0 Å². The number of ether oxygens (including phenoxy) is 3. The predicted molar refractivity (Wildman–Crippen MR) is 114 cm³/mol. The van der Waals surface area contributed by atoms with Gasteiger partial charge in [0.25, 0.3) is 0 Å². The average molecular weight is 467 g/mol. The van der Waals surface area contributed by atoms with Gasteiger partial charge in [-0.1, -0.05) is 19.4 Å². The monoisotopic (exact) mass is 466 g/mol. The zero-order valence-corrected chi connectivity index (χ0v) is 20.0. The van der Waals surface area contributed by atoms with Crippen molar-refractivity contribution >= 4 is 24.2 Å². The highest BCUT2D eigenvalue weighted by Gasteiger charge is 2.71. The summed E-state index contributed by atoms with van der Waals surface area (Å²) in [4.78, 5) is 49.0. The number of allylic oxidation sites excluding steroid dienone is 1. The van der Waals surface area contributed by atoms with Crippen molar-refractivity contribution in [3.05, 3.63) is 11.6 Å². The molecule has 0 spiro atoms. The lowest BCUT2D eigenvalue weighted by Gasteiger charge is -2.49. The van der Waals surface area contributed by atoms with Crippen LogP contribution < -0.4 is 0 Å².